The normalized spacial score (nSPS) is 8.77. The van der Waals surface area contributed by atoms with Crippen molar-refractivity contribution in [1.29, 1.82) is 0 Å². The van der Waals surface area contributed by atoms with Crippen LogP contribution in [0.25, 0.3) is 0 Å². The van der Waals surface area contributed by atoms with Crippen LogP contribution in [-0.4, -0.2) is 16.2 Å². The predicted octanol–water partition coefficient (Wildman–Crippen LogP) is 3.11. The van der Waals surface area contributed by atoms with Crippen molar-refractivity contribution in [3.63, 3.8) is 0 Å². The molecule has 0 bridgehead atoms. The summed E-state index contributed by atoms with van der Waals surface area (Å²) in [4.78, 5) is 2.67. The number of benzene rings is 1. The molecule has 0 radical (unpaired) electrons. The SMILES string of the molecule is C[CH2][Ga]([C]#Cc1ccccc1)[CH2]C. The second-order valence-corrected chi connectivity index (χ2v) is 10.1. The number of hydrogen-bond acceptors (Lipinski definition) is 0. The first-order chi connectivity index (χ1) is 6.36. The first-order valence-corrected chi connectivity index (χ1v) is 9.57. The Morgan fingerprint density at radius 1 is 1.08 bits per heavy atom. The quantitative estimate of drug-likeness (QED) is 0.539. The van der Waals surface area contributed by atoms with Crippen LogP contribution in [0.1, 0.15) is 19.4 Å². The maximum atomic E-state index is 3.47. The Balaban J connectivity index is 2.66. The third-order valence-electron chi connectivity index (χ3n) is 2.18. The molecule has 0 nitrogen and oxygen atoms in total. The molecule has 0 aliphatic carbocycles. The van der Waals surface area contributed by atoms with E-state index in [1.165, 1.54) is 15.5 Å². The van der Waals surface area contributed by atoms with Crippen molar-refractivity contribution in [1.82, 2.24) is 0 Å². The molecule has 0 heterocycles. The molecule has 1 heteroatoms. The summed E-state index contributed by atoms with van der Waals surface area (Å²) in [5.74, 6) is 3.28. The Kier molecular flexibility index (Phi) is 4.81. The fraction of sp³-hybridized carbons (Fsp3) is 0.333. The molecule has 0 atom stereocenters. The molecule has 0 aliphatic heterocycles. The fourth-order valence-electron chi connectivity index (χ4n) is 1.20. The Morgan fingerprint density at radius 3 is 2.23 bits per heavy atom. The summed E-state index contributed by atoms with van der Waals surface area (Å²) in [6.07, 6.45) is 0. The van der Waals surface area contributed by atoms with Crippen LogP contribution in [0.15, 0.2) is 30.3 Å². The van der Waals surface area contributed by atoms with Gasteiger partial charge in [0.05, 0.1) is 0 Å². The Morgan fingerprint density at radius 2 is 1.69 bits per heavy atom. The fourth-order valence-corrected chi connectivity index (χ4v) is 4.05. The van der Waals surface area contributed by atoms with Gasteiger partial charge in [0.15, 0.2) is 0 Å². The van der Waals surface area contributed by atoms with Gasteiger partial charge in [-0.25, -0.2) is 0 Å². The van der Waals surface area contributed by atoms with Crippen LogP contribution in [0.4, 0.5) is 0 Å². The van der Waals surface area contributed by atoms with E-state index in [9.17, 15) is 0 Å². The molecule has 0 aliphatic rings. The summed E-state index contributed by atoms with van der Waals surface area (Å²) in [5.41, 5.74) is 1.17. The van der Waals surface area contributed by atoms with E-state index >= 15 is 0 Å². The zero-order chi connectivity index (χ0) is 9.52. The molecular formula is C12H15Ga. The standard InChI is InChI=1S/C8H5.2C2H5.Ga/c1-2-8-6-4-3-5-7-8;2*1-2;/h3-7H;2*1H2,2H3;. The van der Waals surface area contributed by atoms with E-state index in [-0.39, 0.29) is 0 Å². The van der Waals surface area contributed by atoms with Crippen molar-refractivity contribution in [2.45, 2.75) is 23.8 Å². The van der Waals surface area contributed by atoms with Crippen LogP contribution in [0.3, 0.4) is 0 Å². The first kappa shape index (κ1) is 10.5. The summed E-state index contributed by atoms with van der Waals surface area (Å²) in [7, 11) is 0. The molecule has 0 aromatic heterocycles. The van der Waals surface area contributed by atoms with Crippen molar-refractivity contribution in [3.05, 3.63) is 35.9 Å². The summed E-state index contributed by atoms with van der Waals surface area (Å²) >= 11 is -1.17. The van der Waals surface area contributed by atoms with Crippen LogP contribution in [0, 0.1) is 10.4 Å². The van der Waals surface area contributed by atoms with Crippen molar-refractivity contribution in [2.75, 3.05) is 0 Å². The van der Waals surface area contributed by atoms with Crippen LogP contribution in [0.2, 0.25) is 9.95 Å². The van der Waals surface area contributed by atoms with Crippen LogP contribution in [-0.2, 0) is 0 Å². The zero-order valence-electron chi connectivity index (χ0n) is 8.38. The van der Waals surface area contributed by atoms with Crippen molar-refractivity contribution < 1.29 is 0 Å². The van der Waals surface area contributed by atoms with E-state index in [1.54, 1.807) is 0 Å². The van der Waals surface area contributed by atoms with Gasteiger partial charge in [-0.05, 0) is 0 Å². The van der Waals surface area contributed by atoms with Crippen LogP contribution < -0.4 is 0 Å². The molecule has 66 valence electrons. The van der Waals surface area contributed by atoms with Gasteiger partial charge in [0.25, 0.3) is 0 Å². The van der Waals surface area contributed by atoms with Crippen molar-refractivity contribution in [2.24, 2.45) is 0 Å². The van der Waals surface area contributed by atoms with Crippen LogP contribution in [0.5, 0.6) is 0 Å². The second kappa shape index (κ2) is 5.96. The predicted molar refractivity (Wildman–Crippen MR) is 60.0 cm³/mol. The van der Waals surface area contributed by atoms with Gasteiger partial charge >= 0.3 is 86.3 Å². The zero-order valence-corrected chi connectivity index (χ0v) is 10.8. The molecule has 0 saturated carbocycles. The Labute approximate surface area is 86.4 Å². The van der Waals surface area contributed by atoms with Gasteiger partial charge in [-0.2, -0.15) is 0 Å². The minimum absolute atomic E-state index is 1.17. The van der Waals surface area contributed by atoms with E-state index in [0.717, 1.165) is 0 Å². The third-order valence-corrected chi connectivity index (χ3v) is 7.48. The van der Waals surface area contributed by atoms with Gasteiger partial charge in [0, 0.05) is 0 Å². The maximum absolute atomic E-state index is 3.47. The molecule has 0 unspecified atom stereocenters. The van der Waals surface area contributed by atoms with E-state index in [4.69, 9.17) is 0 Å². The van der Waals surface area contributed by atoms with E-state index < -0.39 is 16.2 Å². The molecule has 0 amide bonds. The van der Waals surface area contributed by atoms with E-state index in [2.05, 4.69) is 36.4 Å². The monoisotopic (exact) mass is 228 g/mol. The molecule has 1 aromatic rings. The van der Waals surface area contributed by atoms with Gasteiger partial charge in [-0.3, -0.25) is 0 Å². The molecule has 0 N–H and O–H groups in total. The van der Waals surface area contributed by atoms with Gasteiger partial charge < -0.3 is 0 Å². The summed E-state index contributed by atoms with van der Waals surface area (Å²) in [5, 5.41) is 0. The Hall–Kier alpha value is -0.584. The Bertz CT molecular complexity index is 288. The summed E-state index contributed by atoms with van der Waals surface area (Å²) < 4.78 is 3.47. The molecular weight excluding hydrogens is 214 g/mol. The van der Waals surface area contributed by atoms with E-state index in [0.29, 0.717) is 0 Å². The van der Waals surface area contributed by atoms with Gasteiger partial charge in [0.1, 0.15) is 0 Å². The summed E-state index contributed by atoms with van der Waals surface area (Å²) in [6, 6.07) is 10.3. The molecule has 1 rings (SSSR count). The molecule has 0 fully saturated rings. The van der Waals surface area contributed by atoms with Crippen molar-refractivity contribution >= 4 is 16.2 Å². The van der Waals surface area contributed by atoms with Gasteiger partial charge in [-0.1, -0.05) is 0 Å². The summed E-state index contributed by atoms with van der Waals surface area (Å²) in [6.45, 7) is 4.54. The van der Waals surface area contributed by atoms with Crippen LogP contribution >= 0.6 is 0 Å². The third kappa shape index (κ3) is 3.76. The molecule has 1 aromatic carbocycles. The number of hydrogen-bond donors (Lipinski definition) is 0. The molecule has 13 heavy (non-hydrogen) atoms. The number of rotatable bonds is 2. The van der Waals surface area contributed by atoms with Gasteiger partial charge in [0.2, 0.25) is 0 Å². The minimum atomic E-state index is -1.17. The average molecular weight is 229 g/mol. The average Bonchev–Trinajstić information content (AvgIpc) is 2.21. The second-order valence-electron chi connectivity index (χ2n) is 3.15. The molecule has 0 saturated heterocycles. The molecule has 0 spiro atoms. The van der Waals surface area contributed by atoms with Crippen molar-refractivity contribution in [3.8, 4) is 10.4 Å². The van der Waals surface area contributed by atoms with Gasteiger partial charge in [-0.15, -0.1) is 0 Å². The van der Waals surface area contributed by atoms with E-state index in [1.807, 2.05) is 18.2 Å². The topological polar surface area (TPSA) is 0 Å². The first-order valence-electron chi connectivity index (χ1n) is 4.93.